The van der Waals surface area contributed by atoms with Gasteiger partial charge in [0.2, 0.25) is 0 Å². The van der Waals surface area contributed by atoms with E-state index in [1.165, 1.54) is 37.7 Å². The molecule has 0 radical (unpaired) electrons. The number of halogens is 2. The molecule has 2 aromatic rings. The van der Waals surface area contributed by atoms with Crippen LogP contribution >= 0.6 is 11.6 Å². The highest BCUT2D eigenvalue weighted by atomic mass is 35.5. The number of hydrogen-bond acceptors (Lipinski definition) is 3. The predicted octanol–water partition coefficient (Wildman–Crippen LogP) is 9.84. The van der Waals surface area contributed by atoms with Crippen molar-refractivity contribution in [1.29, 1.82) is 0 Å². The molecule has 0 N–H and O–H groups in total. The second-order valence-electron chi connectivity index (χ2n) is 10.4. The van der Waals surface area contributed by atoms with Gasteiger partial charge in [0.25, 0.3) is 0 Å². The summed E-state index contributed by atoms with van der Waals surface area (Å²) in [6.07, 6.45) is 11.0. The molecule has 3 rings (SSSR count). The van der Waals surface area contributed by atoms with Gasteiger partial charge in [-0.3, -0.25) is 0 Å². The molecule has 2 aromatic carbocycles. The molecule has 1 atom stereocenters. The molecule has 0 aromatic heterocycles. The second-order valence-corrected chi connectivity index (χ2v) is 10.8. The van der Waals surface area contributed by atoms with E-state index in [0.717, 1.165) is 67.0 Å². The van der Waals surface area contributed by atoms with Gasteiger partial charge in [-0.05, 0) is 73.8 Å². The highest BCUT2D eigenvalue weighted by Crippen LogP contribution is 2.38. The number of ether oxygens (including phenoxy) is 2. The quantitative estimate of drug-likeness (QED) is 0.170. The van der Waals surface area contributed by atoms with Crippen LogP contribution in [0.5, 0.6) is 5.75 Å². The molecule has 0 unspecified atom stereocenters. The van der Waals surface area contributed by atoms with Crippen LogP contribution in [0.25, 0.3) is 11.1 Å². The third kappa shape index (κ3) is 9.63. The van der Waals surface area contributed by atoms with Gasteiger partial charge < -0.3 is 9.47 Å². The van der Waals surface area contributed by atoms with Crippen molar-refractivity contribution in [3.05, 3.63) is 53.1 Å². The lowest BCUT2D eigenvalue weighted by Gasteiger charge is -2.29. The summed E-state index contributed by atoms with van der Waals surface area (Å²) in [5, 5.41) is 0.739. The minimum Gasteiger partial charge on any atom is -0.494 e. The Morgan fingerprint density at radius 3 is 2.27 bits per heavy atom. The van der Waals surface area contributed by atoms with E-state index in [4.69, 9.17) is 21.1 Å². The molecule has 0 aliphatic heterocycles. The van der Waals surface area contributed by atoms with Gasteiger partial charge in [-0.25, -0.2) is 9.18 Å². The normalized spacial score (nSPS) is 18.4. The third-order valence-corrected chi connectivity index (χ3v) is 7.73. The van der Waals surface area contributed by atoms with Gasteiger partial charge in [0, 0.05) is 10.6 Å². The lowest BCUT2D eigenvalue weighted by Crippen LogP contribution is -2.28. The number of carbonyl (C=O) groups excluding carboxylic acids is 1. The summed E-state index contributed by atoms with van der Waals surface area (Å²) in [5.74, 6) is 0.579. The molecule has 204 valence electrons. The van der Waals surface area contributed by atoms with Crippen molar-refractivity contribution in [3.8, 4) is 16.9 Å². The fraction of sp³-hybridized carbons (Fsp3) is 0.594. The SMILES string of the molecule is CCCCCCCCOc1ccc(-c2ccc(C3CCC(OC(=O)[C@@H](F)CCCC)CC3)cc2Cl)cc1. The van der Waals surface area contributed by atoms with E-state index in [1.54, 1.807) is 0 Å². The molecule has 1 fully saturated rings. The molecule has 0 heterocycles. The fourth-order valence-electron chi connectivity index (χ4n) is 5.08. The van der Waals surface area contributed by atoms with Gasteiger partial charge in [0.15, 0.2) is 6.17 Å². The number of hydrogen-bond donors (Lipinski definition) is 0. The monoisotopic (exact) mass is 530 g/mol. The van der Waals surface area contributed by atoms with Crippen LogP contribution in [0.1, 0.15) is 109 Å². The van der Waals surface area contributed by atoms with Gasteiger partial charge in [-0.1, -0.05) is 94.7 Å². The molecular formula is C32H44ClFO3. The summed E-state index contributed by atoms with van der Waals surface area (Å²) >= 11 is 6.71. The van der Waals surface area contributed by atoms with Crippen LogP contribution in [-0.2, 0) is 9.53 Å². The Labute approximate surface area is 228 Å². The van der Waals surface area contributed by atoms with Crippen molar-refractivity contribution < 1.29 is 18.7 Å². The maximum Gasteiger partial charge on any atom is 0.340 e. The number of unbranched alkanes of at least 4 members (excludes halogenated alkanes) is 6. The standard InChI is InChI=1S/C32H44ClFO3/c1-3-5-7-8-9-10-22-36-27-17-14-25(15-18-27)29-21-16-26(23-30(29)33)24-12-19-28(20-13-24)37-32(35)31(34)11-6-4-2/h14-18,21,23-24,28,31H,3-13,19-20,22H2,1-2H3/t24?,28?,31-/m0/s1. The Morgan fingerprint density at radius 2 is 1.59 bits per heavy atom. The number of carbonyl (C=O) groups is 1. The van der Waals surface area contributed by atoms with E-state index < -0.39 is 12.1 Å². The first kappa shape index (κ1) is 29.5. The maximum absolute atomic E-state index is 13.9. The molecule has 0 bridgehead atoms. The summed E-state index contributed by atoms with van der Waals surface area (Å²) in [6, 6.07) is 14.5. The molecule has 0 amide bonds. The summed E-state index contributed by atoms with van der Waals surface area (Å²) in [5.41, 5.74) is 3.29. The maximum atomic E-state index is 13.9. The Kier molecular flexibility index (Phi) is 12.8. The fourth-order valence-corrected chi connectivity index (χ4v) is 5.37. The molecule has 0 spiro atoms. The molecule has 1 aliphatic carbocycles. The Balaban J connectivity index is 1.46. The first-order valence-electron chi connectivity index (χ1n) is 14.4. The van der Waals surface area contributed by atoms with Crippen molar-refractivity contribution >= 4 is 17.6 Å². The lowest BCUT2D eigenvalue weighted by molar-refractivity contribution is -0.157. The highest BCUT2D eigenvalue weighted by Gasteiger charge is 2.28. The van der Waals surface area contributed by atoms with E-state index in [1.807, 2.05) is 19.1 Å². The number of esters is 1. The largest absolute Gasteiger partial charge is 0.494 e. The molecule has 3 nitrogen and oxygen atoms in total. The van der Waals surface area contributed by atoms with Gasteiger partial charge in [-0.15, -0.1) is 0 Å². The zero-order chi connectivity index (χ0) is 26.5. The van der Waals surface area contributed by atoms with Crippen molar-refractivity contribution in [2.45, 2.75) is 116 Å². The zero-order valence-electron chi connectivity index (χ0n) is 22.7. The smallest absolute Gasteiger partial charge is 0.340 e. The van der Waals surface area contributed by atoms with Crippen LogP contribution in [0.15, 0.2) is 42.5 Å². The Morgan fingerprint density at radius 1 is 0.919 bits per heavy atom. The summed E-state index contributed by atoms with van der Waals surface area (Å²) in [7, 11) is 0. The van der Waals surface area contributed by atoms with Crippen molar-refractivity contribution in [2.24, 2.45) is 0 Å². The molecular weight excluding hydrogens is 487 g/mol. The van der Waals surface area contributed by atoms with Crippen molar-refractivity contribution in [2.75, 3.05) is 6.61 Å². The van der Waals surface area contributed by atoms with E-state index in [0.29, 0.717) is 12.3 Å². The molecule has 5 heteroatoms. The van der Waals surface area contributed by atoms with Gasteiger partial charge in [0.1, 0.15) is 11.9 Å². The van der Waals surface area contributed by atoms with Gasteiger partial charge >= 0.3 is 5.97 Å². The van der Waals surface area contributed by atoms with E-state index in [9.17, 15) is 9.18 Å². The van der Waals surface area contributed by atoms with E-state index in [2.05, 4.69) is 37.3 Å². The number of alkyl halides is 1. The lowest BCUT2D eigenvalue weighted by atomic mass is 9.82. The molecule has 37 heavy (non-hydrogen) atoms. The van der Waals surface area contributed by atoms with Crippen molar-refractivity contribution in [3.63, 3.8) is 0 Å². The molecule has 1 aliphatic rings. The first-order valence-corrected chi connectivity index (χ1v) is 14.8. The van der Waals surface area contributed by atoms with E-state index >= 15 is 0 Å². The van der Waals surface area contributed by atoms with Gasteiger partial charge in [0.05, 0.1) is 6.61 Å². The predicted molar refractivity (Wildman–Crippen MR) is 151 cm³/mol. The minimum absolute atomic E-state index is 0.180. The molecule has 1 saturated carbocycles. The highest BCUT2D eigenvalue weighted by molar-refractivity contribution is 6.33. The van der Waals surface area contributed by atoms with E-state index in [-0.39, 0.29) is 12.5 Å². The van der Waals surface area contributed by atoms with Crippen LogP contribution in [0, 0.1) is 0 Å². The first-order chi connectivity index (χ1) is 18.0. The third-order valence-electron chi connectivity index (χ3n) is 7.42. The second kappa shape index (κ2) is 16.0. The van der Waals surface area contributed by atoms with Crippen LogP contribution in [0.2, 0.25) is 5.02 Å². The van der Waals surface area contributed by atoms with Crippen LogP contribution in [0.4, 0.5) is 4.39 Å². The number of rotatable bonds is 15. The average molecular weight is 531 g/mol. The summed E-state index contributed by atoms with van der Waals surface area (Å²) in [6.45, 7) is 4.99. The molecule has 0 saturated heterocycles. The van der Waals surface area contributed by atoms with Crippen LogP contribution < -0.4 is 4.74 Å². The Bertz CT molecular complexity index is 938. The summed E-state index contributed by atoms with van der Waals surface area (Å²) in [4.78, 5) is 12.0. The topological polar surface area (TPSA) is 35.5 Å². The minimum atomic E-state index is -1.50. The van der Waals surface area contributed by atoms with Crippen molar-refractivity contribution in [1.82, 2.24) is 0 Å². The van der Waals surface area contributed by atoms with Crippen LogP contribution in [0.3, 0.4) is 0 Å². The number of benzene rings is 2. The zero-order valence-corrected chi connectivity index (χ0v) is 23.4. The van der Waals surface area contributed by atoms with Crippen LogP contribution in [-0.4, -0.2) is 24.9 Å². The van der Waals surface area contributed by atoms with Gasteiger partial charge in [-0.2, -0.15) is 0 Å². The summed E-state index contributed by atoms with van der Waals surface area (Å²) < 4.78 is 25.3. The Hall–Kier alpha value is -2.07. The average Bonchev–Trinajstić information content (AvgIpc) is 2.92.